The number of hydrogen-bond acceptors (Lipinski definition) is 3. The number of halogens is 1. The van der Waals surface area contributed by atoms with Crippen molar-refractivity contribution in [2.24, 2.45) is 0 Å². The molecule has 0 saturated carbocycles. The monoisotopic (exact) mass is 342 g/mol. The Morgan fingerprint density at radius 2 is 2.08 bits per heavy atom. The number of amides is 2. The number of carbonyl (C=O) groups is 2. The zero-order chi connectivity index (χ0) is 17.8. The van der Waals surface area contributed by atoms with E-state index < -0.39 is 11.7 Å². The number of fused-ring (bicyclic) bond motifs is 1. The molecule has 2 amide bonds. The Morgan fingerprint density at radius 1 is 1.28 bits per heavy atom. The molecule has 0 aliphatic carbocycles. The van der Waals surface area contributed by atoms with E-state index in [1.54, 1.807) is 13.2 Å². The molecule has 0 saturated heterocycles. The third-order valence-corrected chi connectivity index (χ3v) is 4.14. The summed E-state index contributed by atoms with van der Waals surface area (Å²) in [6.45, 7) is 0.856. The fraction of sp³-hybridized carbons (Fsp3) is 0.263. The molecule has 2 aromatic rings. The van der Waals surface area contributed by atoms with Gasteiger partial charge in [-0.15, -0.1) is 0 Å². The van der Waals surface area contributed by atoms with Crippen LogP contribution in [0.2, 0.25) is 0 Å². The van der Waals surface area contributed by atoms with Crippen LogP contribution in [0.4, 0.5) is 10.1 Å². The average molecular weight is 342 g/mol. The molecule has 0 radical (unpaired) electrons. The van der Waals surface area contributed by atoms with E-state index in [0.717, 1.165) is 11.1 Å². The van der Waals surface area contributed by atoms with Crippen molar-refractivity contribution in [2.75, 3.05) is 12.4 Å². The van der Waals surface area contributed by atoms with Crippen LogP contribution in [0.1, 0.15) is 29.0 Å². The first-order chi connectivity index (χ1) is 12.1. The number of ether oxygens (including phenoxy) is 1. The number of methoxy groups -OCH3 is 1. The molecule has 1 heterocycles. The summed E-state index contributed by atoms with van der Waals surface area (Å²) in [5, 5.41) is 5.47. The van der Waals surface area contributed by atoms with Crippen LogP contribution in [0.3, 0.4) is 0 Å². The summed E-state index contributed by atoms with van der Waals surface area (Å²) in [5.41, 5.74) is 2.96. The summed E-state index contributed by atoms with van der Waals surface area (Å²) >= 11 is 0. The van der Waals surface area contributed by atoms with Crippen molar-refractivity contribution in [3.8, 4) is 0 Å². The van der Waals surface area contributed by atoms with Gasteiger partial charge < -0.3 is 15.4 Å². The van der Waals surface area contributed by atoms with Gasteiger partial charge in [0.15, 0.2) is 0 Å². The highest BCUT2D eigenvalue weighted by Gasteiger charge is 2.30. The molecule has 1 unspecified atom stereocenters. The maximum atomic E-state index is 13.4. The second-order valence-electron chi connectivity index (χ2n) is 6.01. The van der Waals surface area contributed by atoms with Gasteiger partial charge in [0.1, 0.15) is 5.82 Å². The van der Waals surface area contributed by atoms with Crippen LogP contribution in [0.25, 0.3) is 0 Å². The molecule has 130 valence electrons. The minimum atomic E-state index is -0.619. The first-order valence-electron chi connectivity index (χ1n) is 8.00. The number of rotatable bonds is 5. The van der Waals surface area contributed by atoms with Crippen LogP contribution in [0.15, 0.2) is 42.5 Å². The van der Waals surface area contributed by atoms with E-state index in [1.807, 2.05) is 24.3 Å². The van der Waals surface area contributed by atoms with Gasteiger partial charge in [-0.25, -0.2) is 4.39 Å². The highest BCUT2D eigenvalue weighted by Crippen LogP contribution is 2.32. The van der Waals surface area contributed by atoms with E-state index in [0.29, 0.717) is 24.4 Å². The first kappa shape index (κ1) is 17.1. The summed E-state index contributed by atoms with van der Waals surface area (Å²) in [5.74, 6) is -1.61. The van der Waals surface area contributed by atoms with E-state index in [4.69, 9.17) is 4.74 Å². The summed E-state index contributed by atoms with van der Waals surface area (Å²) in [7, 11) is 1.63. The van der Waals surface area contributed by atoms with E-state index in [-0.39, 0.29) is 18.2 Å². The molecule has 1 atom stereocenters. The third-order valence-electron chi connectivity index (χ3n) is 4.14. The second kappa shape index (κ2) is 7.44. The van der Waals surface area contributed by atoms with Gasteiger partial charge in [0.05, 0.1) is 12.5 Å². The molecule has 0 bridgehead atoms. The minimum absolute atomic E-state index is 0.0498. The molecule has 1 aliphatic heterocycles. The van der Waals surface area contributed by atoms with Crippen LogP contribution in [-0.2, 0) is 27.5 Å². The van der Waals surface area contributed by atoms with Crippen LogP contribution >= 0.6 is 0 Å². The third kappa shape index (κ3) is 4.03. The van der Waals surface area contributed by atoms with Crippen LogP contribution in [0.5, 0.6) is 0 Å². The number of nitrogens with one attached hydrogen (secondary N) is 2. The van der Waals surface area contributed by atoms with Gasteiger partial charge in [0.2, 0.25) is 11.8 Å². The average Bonchev–Trinajstić information content (AvgIpc) is 2.59. The number of carbonyl (C=O) groups excluding carboxylic acids is 2. The zero-order valence-corrected chi connectivity index (χ0v) is 13.8. The molecule has 25 heavy (non-hydrogen) atoms. The fourth-order valence-electron chi connectivity index (χ4n) is 2.98. The summed E-state index contributed by atoms with van der Waals surface area (Å²) in [6.07, 6.45) is 0.0498. The minimum Gasteiger partial charge on any atom is -0.380 e. The van der Waals surface area contributed by atoms with Crippen molar-refractivity contribution in [3.05, 3.63) is 65.0 Å². The van der Waals surface area contributed by atoms with Crippen molar-refractivity contribution in [1.29, 1.82) is 0 Å². The normalized spacial score (nSPS) is 16.1. The number of hydrogen-bond donors (Lipinski definition) is 2. The Labute approximate surface area is 145 Å². The molecule has 2 N–H and O–H groups in total. The fourth-order valence-corrected chi connectivity index (χ4v) is 2.98. The number of anilines is 1. The molecule has 0 fully saturated rings. The molecule has 5 nitrogen and oxygen atoms in total. The summed E-state index contributed by atoms with van der Waals surface area (Å²) in [4.78, 5) is 24.4. The Morgan fingerprint density at radius 3 is 2.88 bits per heavy atom. The highest BCUT2D eigenvalue weighted by molar-refractivity contribution is 6.01. The van der Waals surface area contributed by atoms with Gasteiger partial charge in [0.25, 0.3) is 0 Å². The van der Waals surface area contributed by atoms with Gasteiger partial charge in [-0.1, -0.05) is 30.3 Å². The predicted molar refractivity (Wildman–Crippen MR) is 91.4 cm³/mol. The van der Waals surface area contributed by atoms with Gasteiger partial charge in [-0.3, -0.25) is 9.59 Å². The molecule has 0 aromatic heterocycles. The van der Waals surface area contributed by atoms with Gasteiger partial charge in [-0.2, -0.15) is 0 Å². The molecule has 1 aliphatic rings. The quantitative estimate of drug-likeness (QED) is 0.878. The standard InChI is InChI=1S/C19H19FN2O3/c1-25-11-13-4-2-3-12(7-13)10-21-19(24)16-9-18(23)22-17-8-14(20)5-6-15(16)17/h2-8,16H,9-11H2,1H3,(H,21,24)(H,22,23). The van der Waals surface area contributed by atoms with E-state index >= 15 is 0 Å². The lowest BCUT2D eigenvalue weighted by atomic mass is 9.89. The van der Waals surface area contributed by atoms with Gasteiger partial charge >= 0.3 is 0 Å². The van der Waals surface area contributed by atoms with E-state index in [9.17, 15) is 14.0 Å². The SMILES string of the molecule is COCc1cccc(CNC(=O)C2CC(=O)Nc3cc(F)ccc32)c1. The first-order valence-corrected chi connectivity index (χ1v) is 8.00. The van der Waals surface area contributed by atoms with Crippen molar-refractivity contribution in [3.63, 3.8) is 0 Å². The van der Waals surface area contributed by atoms with Crippen LogP contribution < -0.4 is 10.6 Å². The Kier molecular flexibility index (Phi) is 5.09. The lowest BCUT2D eigenvalue weighted by Crippen LogP contribution is -2.34. The summed E-state index contributed by atoms with van der Waals surface area (Å²) < 4.78 is 18.5. The molecule has 2 aromatic carbocycles. The van der Waals surface area contributed by atoms with Crippen LogP contribution in [0, 0.1) is 5.82 Å². The van der Waals surface area contributed by atoms with Crippen molar-refractivity contribution in [2.45, 2.75) is 25.5 Å². The molecular formula is C19H19FN2O3. The second-order valence-corrected chi connectivity index (χ2v) is 6.01. The maximum absolute atomic E-state index is 13.4. The lowest BCUT2D eigenvalue weighted by molar-refractivity contribution is -0.126. The maximum Gasteiger partial charge on any atom is 0.228 e. The Balaban J connectivity index is 1.71. The molecule has 6 heteroatoms. The lowest BCUT2D eigenvalue weighted by Gasteiger charge is -2.25. The van der Waals surface area contributed by atoms with Crippen molar-refractivity contribution in [1.82, 2.24) is 5.32 Å². The molecule has 3 rings (SSSR count). The van der Waals surface area contributed by atoms with Gasteiger partial charge in [-0.05, 0) is 28.8 Å². The predicted octanol–water partition coefficient (Wildman–Crippen LogP) is 2.71. The van der Waals surface area contributed by atoms with E-state index in [2.05, 4.69) is 10.6 Å². The number of benzene rings is 2. The topological polar surface area (TPSA) is 67.4 Å². The Bertz CT molecular complexity index is 807. The van der Waals surface area contributed by atoms with E-state index in [1.165, 1.54) is 12.1 Å². The van der Waals surface area contributed by atoms with Gasteiger partial charge in [0, 0.05) is 25.8 Å². The smallest absolute Gasteiger partial charge is 0.228 e. The largest absolute Gasteiger partial charge is 0.380 e. The molecular weight excluding hydrogens is 323 g/mol. The zero-order valence-electron chi connectivity index (χ0n) is 13.8. The highest BCUT2D eigenvalue weighted by atomic mass is 19.1. The Hall–Kier alpha value is -2.73. The van der Waals surface area contributed by atoms with Crippen molar-refractivity contribution >= 4 is 17.5 Å². The summed E-state index contributed by atoms with van der Waals surface area (Å²) in [6, 6.07) is 11.8. The van der Waals surface area contributed by atoms with Crippen LogP contribution in [-0.4, -0.2) is 18.9 Å². The molecule has 0 spiro atoms. The van der Waals surface area contributed by atoms with Crippen molar-refractivity contribution < 1.29 is 18.7 Å².